The highest BCUT2D eigenvalue weighted by Crippen LogP contribution is 2.16. The van der Waals surface area contributed by atoms with Crippen LogP contribution in [0.1, 0.15) is 5.56 Å². The molecule has 0 bridgehead atoms. The fourth-order valence-corrected chi connectivity index (χ4v) is 0.877. The average molecular weight is 177 g/mol. The Morgan fingerprint density at radius 2 is 2.15 bits per heavy atom. The largest absolute Gasteiger partial charge is 0.507 e. The number of likely N-dealkylation sites (N-methyl/N-ethyl adjacent to an activating group) is 1. The Bertz CT molecular complexity index is 331. The molecule has 0 atom stereocenters. The van der Waals surface area contributed by atoms with E-state index in [1.807, 2.05) is 0 Å². The van der Waals surface area contributed by atoms with Crippen LogP contribution >= 0.6 is 0 Å². The van der Waals surface area contributed by atoms with Gasteiger partial charge in [-0.3, -0.25) is 4.79 Å². The molecular formula is C10H11NO2. The third-order valence-corrected chi connectivity index (χ3v) is 1.60. The number of rotatable bonds is 2. The lowest BCUT2D eigenvalue weighted by molar-refractivity contribution is -0.115. The number of aromatic hydroxyl groups is 1. The van der Waals surface area contributed by atoms with Gasteiger partial charge in [-0.1, -0.05) is 18.2 Å². The summed E-state index contributed by atoms with van der Waals surface area (Å²) in [6, 6.07) is 6.83. The summed E-state index contributed by atoms with van der Waals surface area (Å²) >= 11 is 0. The van der Waals surface area contributed by atoms with Gasteiger partial charge in [0.2, 0.25) is 5.91 Å². The molecule has 0 radical (unpaired) electrons. The van der Waals surface area contributed by atoms with Crippen molar-refractivity contribution in [2.45, 2.75) is 0 Å². The number of nitrogens with one attached hydrogen (secondary N) is 1. The Kier molecular flexibility index (Phi) is 3.09. The topological polar surface area (TPSA) is 49.3 Å². The molecule has 68 valence electrons. The van der Waals surface area contributed by atoms with Crippen molar-refractivity contribution in [3.8, 4) is 5.75 Å². The van der Waals surface area contributed by atoms with Gasteiger partial charge in [0.25, 0.3) is 0 Å². The van der Waals surface area contributed by atoms with E-state index >= 15 is 0 Å². The summed E-state index contributed by atoms with van der Waals surface area (Å²) in [4.78, 5) is 10.8. The van der Waals surface area contributed by atoms with E-state index < -0.39 is 0 Å². The molecule has 0 aliphatic heterocycles. The van der Waals surface area contributed by atoms with Gasteiger partial charge in [0.05, 0.1) is 0 Å². The zero-order valence-electron chi connectivity index (χ0n) is 7.32. The summed E-state index contributed by atoms with van der Waals surface area (Å²) in [6.07, 6.45) is 2.93. The molecule has 0 unspecified atom stereocenters. The monoisotopic (exact) mass is 177 g/mol. The number of phenols is 1. The summed E-state index contributed by atoms with van der Waals surface area (Å²) in [5, 5.41) is 11.8. The Labute approximate surface area is 76.7 Å². The molecule has 0 fully saturated rings. The Balaban J connectivity index is 2.80. The molecule has 0 saturated carbocycles. The lowest BCUT2D eigenvalue weighted by Crippen LogP contribution is -2.13. The molecule has 0 aliphatic carbocycles. The molecule has 1 aromatic rings. The van der Waals surface area contributed by atoms with Gasteiger partial charge in [-0.15, -0.1) is 0 Å². The minimum absolute atomic E-state index is 0.169. The summed E-state index contributed by atoms with van der Waals surface area (Å²) < 4.78 is 0. The normalized spacial score (nSPS) is 10.2. The lowest BCUT2D eigenvalue weighted by Gasteiger charge is -1.96. The molecule has 1 rings (SSSR count). The second-order valence-electron chi connectivity index (χ2n) is 2.51. The summed E-state index contributed by atoms with van der Waals surface area (Å²) in [5.74, 6) is -0.0223. The molecule has 2 N–H and O–H groups in total. The quantitative estimate of drug-likeness (QED) is 0.666. The Hall–Kier alpha value is -1.77. The molecule has 3 nitrogen and oxygen atoms in total. The van der Waals surface area contributed by atoms with Gasteiger partial charge in [0, 0.05) is 18.7 Å². The van der Waals surface area contributed by atoms with Crippen LogP contribution in [0.2, 0.25) is 0 Å². The standard InChI is InChI=1S/C10H11NO2/c1-11-10(13)7-6-8-4-2-3-5-9(8)12/h2-7,12H,1H3,(H,11,13)/b7-6+. The number of phenolic OH excluding ortho intramolecular Hbond substituents is 1. The minimum Gasteiger partial charge on any atom is -0.507 e. The number of para-hydroxylation sites is 1. The molecule has 3 heteroatoms. The van der Waals surface area contributed by atoms with Crippen LogP contribution in [-0.2, 0) is 4.79 Å². The van der Waals surface area contributed by atoms with Gasteiger partial charge in [-0.2, -0.15) is 0 Å². The molecule has 0 spiro atoms. The molecule has 1 amide bonds. The van der Waals surface area contributed by atoms with E-state index in [0.29, 0.717) is 5.56 Å². The SMILES string of the molecule is CNC(=O)/C=C/c1ccccc1O. The summed E-state index contributed by atoms with van der Waals surface area (Å²) in [6.45, 7) is 0. The number of carbonyl (C=O) groups excluding carboxylic acids is 1. The fraction of sp³-hybridized carbons (Fsp3) is 0.100. The predicted molar refractivity (Wildman–Crippen MR) is 51.2 cm³/mol. The van der Waals surface area contributed by atoms with Crippen molar-refractivity contribution in [2.75, 3.05) is 7.05 Å². The summed E-state index contributed by atoms with van der Waals surface area (Å²) in [7, 11) is 1.55. The van der Waals surface area contributed by atoms with Crippen LogP contribution in [-0.4, -0.2) is 18.1 Å². The van der Waals surface area contributed by atoms with Gasteiger partial charge in [0.1, 0.15) is 5.75 Å². The van der Waals surface area contributed by atoms with E-state index in [-0.39, 0.29) is 11.7 Å². The van der Waals surface area contributed by atoms with Crippen molar-refractivity contribution < 1.29 is 9.90 Å². The van der Waals surface area contributed by atoms with Crippen LogP contribution in [0.5, 0.6) is 5.75 Å². The van der Waals surface area contributed by atoms with Gasteiger partial charge < -0.3 is 10.4 Å². The van der Waals surface area contributed by atoms with Crippen molar-refractivity contribution in [3.05, 3.63) is 35.9 Å². The zero-order valence-corrected chi connectivity index (χ0v) is 7.32. The molecule has 0 saturated heterocycles. The van der Waals surface area contributed by atoms with Crippen molar-refractivity contribution in [2.24, 2.45) is 0 Å². The van der Waals surface area contributed by atoms with Crippen molar-refractivity contribution >= 4 is 12.0 Å². The van der Waals surface area contributed by atoms with Crippen molar-refractivity contribution in [1.29, 1.82) is 0 Å². The van der Waals surface area contributed by atoms with Gasteiger partial charge >= 0.3 is 0 Å². The highest BCUT2D eigenvalue weighted by atomic mass is 16.3. The molecule has 13 heavy (non-hydrogen) atoms. The van der Waals surface area contributed by atoms with Gasteiger partial charge in [-0.25, -0.2) is 0 Å². The molecule has 0 heterocycles. The van der Waals surface area contributed by atoms with E-state index in [1.54, 1.807) is 37.4 Å². The van der Waals surface area contributed by atoms with Crippen molar-refractivity contribution in [1.82, 2.24) is 5.32 Å². The average Bonchev–Trinajstić information content (AvgIpc) is 2.16. The first-order valence-electron chi connectivity index (χ1n) is 3.92. The third kappa shape index (κ3) is 2.63. The van der Waals surface area contributed by atoms with E-state index in [4.69, 9.17) is 0 Å². The lowest BCUT2D eigenvalue weighted by atomic mass is 10.2. The first kappa shape index (κ1) is 9.32. The summed E-state index contributed by atoms with van der Waals surface area (Å²) in [5.41, 5.74) is 0.631. The first-order valence-corrected chi connectivity index (χ1v) is 3.92. The van der Waals surface area contributed by atoms with Gasteiger partial charge in [0.15, 0.2) is 0 Å². The molecule has 0 aromatic heterocycles. The Morgan fingerprint density at radius 1 is 1.46 bits per heavy atom. The second-order valence-corrected chi connectivity index (χ2v) is 2.51. The minimum atomic E-state index is -0.191. The smallest absolute Gasteiger partial charge is 0.243 e. The molecule has 0 aliphatic rings. The number of hydrogen-bond acceptors (Lipinski definition) is 2. The van der Waals surface area contributed by atoms with Crippen LogP contribution < -0.4 is 5.32 Å². The molecular weight excluding hydrogens is 166 g/mol. The van der Waals surface area contributed by atoms with E-state index in [9.17, 15) is 9.90 Å². The van der Waals surface area contributed by atoms with Crippen LogP contribution in [0.3, 0.4) is 0 Å². The van der Waals surface area contributed by atoms with E-state index in [2.05, 4.69) is 5.32 Å². The highest BCUT2D eigenvalue weighted by molar-refractivity contribution is 5.91. The molecule has 1 aromatic carbocycles. The van der Waals surface area contributed by atoms with Crippen LogP contribution in [0.15, 0.2) is 30.3 Å². The number of hydrogen-bond donors (Lipinski definition) is 2. The highest BCUT2D eigenvalue weighted by Gasteiger charge is 1.94. The van der Waals surface area contributed by atoms with Crippen molar-refractivity contribution in [3.63, 3.8) is 0 Å². The maximum Gasteiger partial charge on any atom is 0.243 e. The third-order valence-electron chi connectivity index (χ3n) is 1.60. The second kappa shape index (κ2) is 4.30. The first-order chi connectivity index (χ1) is 6.24. The predicted octanol–water partition coefficient (Wildman–Crippen LogP) is 1.15. The van der Waals surface area contributed by atoms with E-state index in [0.717, 1.165) is 0 Å². The van der Waals surface area contributed by atoms with E-state index in [1.165, 1.54) is 6.08 Å². The Morgan fingerprint density at radius 3 is 2.77 bits per heavy atom. The number of amides is 1. The number of carbonyl (C=O) groups is 1. The zero-order chi connectivity index (χ0) is 9.68. The number of benzene rings is 1. The maximum atomic E-state index is 10.8. The fourth-order valence-electron chi connectivity index (χ4n) is 0.877. The van der Waals surface area contributed by atoms with Crippen LogP contribution in [0, 0.1) is 0 Å². The maximum absolute atomic E-state index is 10.8. The van der Waals surface area contributed by atoms with Gasteiger partial charge in [-0.05, 0) is 12.1 Å². The van der Waals surface area contributed by atoms with Crippen LogP contribution in [0.4, 0.5) is 0 Å². The van der Waals surface area contributed by atoms with Crippen LogP contribution in [0.25, 0.3) is 6.08 Å².